The van der Waals surface area contributed by atoms with Crippen LogP contribution in [0.25, 0.3) is 10.9 Å². The Balaban J connectivity index is 2.25. The van der Waals surface area contributed by atoms with E-state index in [2.05, 4.69) is 4.98 Å². The zero-order valence-electron chi connectivity index (χ0n) is 12.8. The molecule has 0 aliphatic rings. The third kappa shape index (κ3) is 4.09. The summed E-state index contributed by atoms with van der Waals surface area (Å²) in [6, 6.07) is 8.71. The van der Waals surface area contributed by atoms with Gasteiger partial charge in [-0.15, -0.1) is 0 Å². The Morgan fingerprint density at radius 3 is 2.54 bits per heavy atom. The second kappa shape index (κ2) is 8.09. The van der Waals surface area contributed by atoms with Crippen LogP contribution in [0, 0.1) is 22.7 Å². The highest BCUT2D eigenvalue weighted by molar-refractivity contribution is 6.31. The van der Waals surface area contributed by atoms with E-state index in [1.807, 2.05) is 12.1 Å². The molecule has 0 atom stereocenters. The molecule has 0 radical (unpaired) electrons. The van der Waals surface area contributed by atoms with Gasteiger partial charge in [0.05, 0.1) is 42.2 Å². The first-order valence-electron chi connectivity index (χ1n) is 7.23. The molecule has 2 rings (SSSR count). The number of carbonyl (C=O) groups excluding carboxylic acids is 1. The maximum atomic E-state index is 12.5. The van der Waals surface area contributed by atoms with Crippen LogP contribution in [-0.4, -0.2) is 33.4 Å². The fraction of sp³-hybridized carbons (Fsp3) is 0.312. The van der Waals surface area contributed by atoms with Gasteiger partial charge in [0.25, 0.3) is 5.56 Å². The lowest BCUT2D eigenvalue weighted by Gasteiger charge is -2.20. The number of carbonyl (C=O) groups is 1. The highest BCUT2D eigenvalue weighted by atomic mass is 35.5. The van der Waals surface area contributed by atoms with Crippen molar-refractivity contribution in [2.75, 3.05) is 13.1 Å². The second-order valence-electron chi connectivity index (χ2n) is 5.04. The number of fused-ring (bicyclic) bond motifs is 1. The molecule has 0 aliphatic carbocycles. The summed E-state index contributed by atoms with van der Waals surface area (Å²) in [4.78, 5) is 30.4. The quantitative estimate of drug-likeness (QED) is 0.794. The summed E-state index contributed by atoms with van der Waals surface area (Å²) in [6.45, 7) is 0.238. The molecule has 0 aliphatic heterocycles. The van der Waals surface area contributed by atoms with Crippen molar-refractivity contribution in [3.8, 4) is 12.1 Å². The lowest BCUT2D eigenvalue weighted by molar-refractivity contribution is -0.131. The average molecular weight is 344 g/mol. The fourth-order valence-corrected chi connectivity index (χ4v) is 2.39. The van der Waals surface area contributed by atoms with Crippen molar-refractivity contribution in [3.63, 3.8) is 0 Å². The van der Waals surface area contributed by atoms with E-state index in [-0.39, 0.29) is 43.9 Å². The lowest BCUT2D eigenvalue weighted by atomic mass is 10.2. The molecule has 122 valence electrons. The van der Waals surface area contributed by atoms with E-state index in [1.165, 1.54) is 21.9 Å². The molecule has 0 bridgehead atoms. The summed E-state index contributed by atoms with van der Waals surface area (Å²) in [5, 5.41) is 18.1. The van der Waals surface area contributed by atoms with Crippen molar-refractivity contribution >= 4 is 28.4 Å². The molecule has 1 heterocycles. The molecule has 8 heteroatoms. The number of nitrogens with zero attached hydrogens (tertiary/aromatic N) is 5. The van der Waals surface area contributed by atoms with Crippen LogP contribution < -0.4 is 5.56 Å². The summed E-state index contributed by atoms with van der Waals surface area (Å²) in [6.07, 6.45) is 1.64. The van der Waals surface area contributed by atoms with Crippen LogP contribution >= 0.6 is 11.6 Å². The maximum absolute atomic E-state index is 12.5. The first kappa shape index (κ1) is 17.5. The van der Waals surface area contributed by atoms with Crippen LogP contribution in [0.2, 0.25) is 5.02 Å². The number of aromatic nitrogens is 2. The van der Waals surface area contributed by atoms with Crippen LogP contribution in [0.1, 0.15) is 12.8 Å². The summed E-state index contributed by atoms with van der Waals surface area (Å²) in [5.74, 6) is -0.342. The third-order valence-electron chi connectivity index (χ3n) is 3.43. The van der Waals surface area contributed by atoms with Gasteiger partial charge < -0.3 is 4.90 Å². The second-order valence-corrected chi connectivity index (χ2v) is 5.47. The fourth-order valence-electron chi connectivity index (χ4n) is 2.22. The van der Waals surface area contributed by atoms with E-state index < -0.39 is 0 Å². The summed E-state index contributed by atoms with van der Waals surface area (Å²) in [5.41, 5.74) is 0.135. The molecule has 2 aromatic rings. The van der Waals surface area contributed by atoms with Gasteiger partial charge in [-0.05, 0) is 18.2 Å². The molecule has 0 unspecified atom stereocenters. The van der Waals surface area contributed by atoms with Gasteiger partial charge in [0.2, 0.25) is 5.91 Å². The minimum Gasteiger partial charge on any atom is -0.339 e. The number of hydrogen-bond acceptors (Lipinski definition) is 5. The highest BCUT2D eigenvalue weighted by Crippen LogP contribution is 2.14. The Morgan fingerprint density at radius 1 is 1.25 bits per heavy atom. The number of halogens is 1. The monoisotopic (exact) mass is 343 g/mol. The molecule has 24 heavy (non-hydrogen) atoms. The molecule has 1 aromatic carbocycles. The van der Waals surface area contributed by atoms with Gasteiger partial charge in [0, 0.05) is 18.1 Å². The number of rotatable bonds is 6. The van der Waals surface area contributed by atoms with Crippen molar-refractivity contribution in [1.29, 1.82) is 10.5 Å². The van der Waals surface area contributed by atoms with Crippen LogP contribution in [0.5, 0.6) is 0 Å². The molecule has 0 saturated carbocycles. The molecule has 0 saturated heterocycles. The minimum atomic E-state index is -0.364. The van der Waals surface area contributed by atoms with Crippen molar-refractivity contribution in [3.05, 3.63) is 39.9 Å². The van der Waals surface area contributed by atoms with Crippen LogP contribution in [0.4, 0.5) is 0 Å². The smallest absolute Gasteiger partial charge is 0.261 e. The van der Waals surface area contributed by atoms with Gasteiger partial charge in [-0.25, -0.2) is 4.98 Å². The Labute approximate surface area is 143 Å². The first-order chi connectivity index (χ1) is 11.6. The number of benzene rings is 1. The van der Waals surface area contributed by atoms with E-state index in [1.54, 1.807) is 12.1 Å². The van der Waals surface area contributed by atoms with Crippen LogP contribution in [-0.2, 0) is 11.3 Å². The molecule has 1 aromatic heterocycles. The normalized spacial score (nSPS) is 10.1. The Bertz CT molecular complexity index is 876. The van der Waals surface area contributed by atoms with Gasteiger partial charge in [0.1, 0.15) is 6.54 Å². The van der Waals surface area contributed by atoms with E-state index in [4.69, 9.17) is 22.1 Å². The average Bonchev–Trinajstić information content (AvgIpc) is 2.58. The Kier molecular flexibility index (Phi) is 5.89. The predicted octanol–water partition coefficient (Wildman–Crippen LogP) is 1.71. The highest BCUT2D eigenvalue weighted by Gasteiger charge is 2.15. The number of nitriles is 2. The molecule has 0 N–H and O–H groups in total. The van der Waals surface area contributed by atoms with Gasteiger partial charge in [-0.3, -0.25) is 14.2 Å². The molecular formula is C16H14ClN5O2. The largest absolute Gasteiger partial charge is 0.339 e. The third-order valence-corrected chi connectivity index (χ3v) is 3.67. The standard InChI is InChI=1S/C16H14ClN5O2/c17-12-3-4-14-13(9-12)16(24)22(11-20-14)10-15(23)21(7-1-5-18)8-2-6-19/h3-4,9,11H,1-2,7-8,10H2. The summed E-state index contributed by atoms with van der Waals surface area (Å²) in [7, 11) is 0. The van der Waals surface area contributed by atoms with Gasteiger partial charge in [0.15, 0.2) is 0 Å². The SMILES string of the molecule is N#CCCN(CCC#N)C(=O)Cn1cnc2ccc(Cl)cc2c1=O. The first-order valence-corrected chi connectivity index (χ1v) is 7.61. The van der Waals surface area contributed by atoms with E-state index >= 15 is 0 Å². The molecule has 0 spiro atoms. The van der Waals surface area contributed by atoms with Crippen LogP contribution in [0.3, 0.4) is 0 Å². The minimum absolute atomic E-state index is 0.164. The lowest BCUT2D eigenvalue weighted by Crippen LogP contribution is -2.37. The van der Waals surface area contributed by atoms with E-state index in [0.717, 1.165) is 0 Å². The topological polar surface area (TPSA) is 103 Å². The number of amides is 1. The van der Waals surface area contributed by atoms with Crippen molar-refractivity contribution < 1.29 is 4.79 Å². The van der Waals surface area contributed by atoms with Gasteiger partial charge in [-0.2, -0.15) is 10.5 Å². The van der Waals surface area contributed by atoms with Crippen molar-refractivity contribution in [2.45, 2.75) is 19.4 Å². The van der Waals surface area contributed by atoms with Gasteiger partial charge in [-0.1, -0.05) is 11.6 Å². The predicted molar refractivity (Wildman–Crippen MR) is 88.1 cm³/mol. The Morgan fingerprint density at radius 2 is 1.92 bits per heavy atom. The van der Waals surface area contributed by atoms with Crippen molar-refractivity contribution in [2.24, 2.45) is 0 Å². The van der Waals surface area contributed by atoms with Crippen molar-refractivity contribution in [1.82, 2.24) is 14.5 Å². The Hall–Kier alpha value is -2.90. The van der Waals surface area contributed by atoms with Gasteiger partial charge >= 0.3 is 0 Å². The molecule has 0 fully saturated rings. The van der Waals surface area contributed by atoms with E-state index in [0.29, 0.717) is 15.9 Å². The maximum Gasteiger partial charge on any atom is 0.261 e. The van der Waals surface area contributed by atoms with E-state index in [9.17, 15) is 9.59 Å². The zero-order chi connectivity index (χ0) is 17.5. The van der Waals surface area contributed by atoms with Crippen LogP contribution in [0.15, 0.2) is 29.3 Å². The zero-order valence-corrected chi connectivity index (χ0v) is 13.5. The molecule has 1 amide bonds. The summed E-state index contributed by atoms with van der Waals surface area (Å²) < 4.78 is 1.20. The molecule has 7 nitrogen and oxygen atoms in total. The molecular weight excluding hydrogens is 330 g/mol. The summed E-state index contributed by atoms with van der Waals surface area (Å²) >= 11 is 5.90. The number of hydrogen-bond donors (Lipinski definition) is 0.